The van der Waals surface area contributed by atoms with Crippen molar-refractivity contribution in [1.82, 2.24) is 5.32 Å². The summed E-state index contributed by atoms with van der Waals surface area (Å²) in [5.74, 6) is 0.397. The number of amides is 1. The zero-order valence-electron chi connectivity index (χ0n) is 9.48. The van der Waals surface area contributed by atoms with Crippen LogP contribution >= 0.6 is 0 Å². The van der Waals surface area contributed by atoms with Gasteiger partial charge in [-0.25, -0.2) is 0 Å². The number of ether oxygens (including phenoxy) is 1. The number of oxime groups is 1. The zero-order chi connectivity index (χ0) is 12.0. The Bertz CT molecular complexity index is 268. The van der Waals surface area contributed by atoms with E-state index in [1.807, 2.05) is 6.92 Å². The Morgan fingerprint density at radius 1 is 1.69 bits per heavy atom. The lowest BCUT2D eigenvalue weighted by atomic mass is 10.0. The Hall–Kier alpha value is -1.30. The molecule has 0 spiro atoms. The van der Waals surface area contributed by atoms with Gasteiger partial charge in [-0.2, -0.15) is 0 Å². The van der Waals surface area contributed by atoms with E-state index in [4.69, 9.17) is 15.7 Å². The fraction of sp³-hybridized carbons (Fsp3) is 0.800. The normalized spacial score (nSPS) is 25.7. The van der Waals surface area contributed by atoms with Gasteiger partial charge < -0.3 is 21.0 Å². The third-order valence-electron chi connectivity index (χ3n) is 2.68. The summed E-state index contributed by atoms with van der Waals surface area (Å²) in [4.78, 5) is 11.6. The summed E-state index contributed by atoms with van der Waals surface area (Å²) >= 11 is 0. The smallest absolute Gasteiger partial charge is 0.249 e. The van der Waals surface area contributed by atoms with Crippen molar-refractivity contribution in [2.45, 2.75) is 32.3 Å². The van der Waals surface area contributed by atoms with E-state index >= 15 is 0 Å². The van der Waals surface area contributed by atoms with Crippen LogP contribution in [0.5, 0.6) is 0 Å². The van der Waals surface area contributed by atoms with Crippen LogP contribution in [0.2, 0.25) is 0 Å². The molecule has 4 N–H and O–H groups in total. The van der Waals surface area contributed by atoms with Gasteiger partial charge in [-0.3, -0.25) is 4.79 Å². The molecule has 1 amide bonds. The van der Waals surface area contributed by atoms with Gasteiger partial charge in [-0.05, 0) is 18.8 Å². The number of nitrogens with one attached hydrogen (secondary N) is 1. The molecule has 1 rings (SSSR count). The van der Waals surface area contributed by atoms with Crippen LogP contribution in [0.4, 0.5) is 0 Å². The summed E-state index contributed by atoms with van der Waals surface area (Å²) in [5, 5.41) is 13.9. The van der Waals surface area contributed by atoms with E-state index in [9.17, 15) is 4.79 Å². The molecule has 0 aliphatic carbocycles. The fourth-order valence-corrected chi connectivity index (χ4v) is 1.66. The second-order valence-electron chi connectivity index (χ2n) is 4.04. The molecule has 1 aliphatic heterocycles. The first-order chi connectivity index (χ1) is 7.65. The number of carbonyl (C=O) groups is 1. The summed E-state index contributed by atoms with van der Waals surface area (Å²) in [5.41, 5.74) is 5.30. The molecule has 1 heterocycles. The minimum atomic E-state index is -0.316. The van der Waals surface area contributed by atoms with Crippen LogP contribution in [0.25, 0.3) is 0 Å². The largest absolute Gasteiger partial charge is 0.409 e. The number of hydrogen-bond acceptors (Lipinski definition) is 4. The predicted octanol–water partition coefficient (Wildman–Crippen LogP) is 0.0542. The van der Waals surface area contributed by atoms with E-state index < -0.39 is 0 Å². The third-order valence-corrected chi connectivity index (χ3v) is 2.68. The van der Waals surface area contributed by atoms with Gasteiger partial charge in [0.25, 0.3) is 0 Å². The highest BCUT2D eigenvalue weighted by molar-refractivity contribution is 5.81. The van der Waals surface area contributed by atoms with Crippen LogP contribution in [-0.4, -0.2) is 36.2 Å². The summed E-state index contributed by atoms with van der Waals surface area (Å²) in [6, 6.07) is 0. The van der Waals surface area contributed by atoms with Crippen LogP contribution in [0, 0.1) is 5.92 Å². The summed E-state index contributed by atoms with van der Waals surface area (Å²) < 4.78 is 5.33. The van der Waals surface area contributed by atoms with Crippen molar-refractivity contribution in [3.63, 3.8) is 0 Å². The van der Waals surface area contributed by atoms with E-state index in [0.29, 0.717) is 26.0 Å². The highest BCUT2D eigenvalue weighted by atomic mass is 16.5. The maximum absolute atomic E-state index is 11.6. The minimum Gasteiger partial charge on any atom is -0.409 e. The van der Waals surface area contributed by atoms with E-state index in [-0.39, 0.29) is 23.8 Å². The first-order valence-corrected chi connectivity index (χ1v) is 5.51. The maximum atomic E-state index is 11.6. The van der Waals surface area contributed by atoms with Crippen LogP contribution in [0.3, 0.4) is 0 Å². The Kier molecular flexibility index (Phi) is 5.04. The van der Waals surface area contributed by atoms with Crippen molar-refractivity contribution in [2.75, 3.05) is 13.2 Å². The SMILES string of the molecule is CC1CCOC1C(=O)NCCCC(N)=NO. The van der Waals surface area contributed by atoms with Gasteiger partial charge in [-0.15, -0.1) is 0 Å². The second-order valence-corrected chi connectivity index (χ2v) is 4.04. The van der Waals surface area contributed by atoms with Gasteiger partial charge in [-0.1, -0.05) is 12.1 Å². The number of amidine groups is 1. The Morgan fingerprint density at radius 2 is 2.44 bits per heavy atom. The standard InChI is InChI=1S/C10H19N3O3/c1-7-4-6-16-9(7)10(14)12-5-2-3-8(11)13-15/h7,9,15H,2-6H2,1H3,(H2,11,13)(H,12,14). The number of nitrogens with zero attached hydrogens (tertiary/aromatic N) is 1. The molecule has 0 saturated carbocycles. The molecule has 16 heavy (non-hydrogen) atoms. The maximum Gasteiger partial charge on any atom is 0.249 e. The van der Waals surface area contributed by atoms with Crippen molar-refractivity contribution >= 4 is 11.7 Å². The third kappa shape index (κ3) is 3.69. The van der Waals surface area contributed by atoms with Gasteiger partial charge in [0, 0.05) is 19.6 Å². The van der Waals surface area contributed by atoms with Gasteiger partial charge >= 0.3 is 0 Å². The molecule has 0 radical (unpaired) electrons. The van der Waals surface area contributed by atoms with Crippen molar-refractivity contribution in [2.24, 2.45) is 16.8 Å². The van der Waals surface area contributed by atoms with Crippen molar-refractivity contribution in [3.05, 3.63) is 0 Å². The van der Waals surface area contributed by atoms with Crippen molar-refractivity contribution in [3.8, 4) is 0 Å². The molecule has 1 fully saturated rings. The molecule has 0 bridgehead atoms. The number of carbonyl (C=O) groups excluding carboxylic acids is 1. The first-order valence-electron chi connectivity index (χ1n) is 5.51. The molecular weight excluding hydrogens is 210 g/mol. The molecule has 0 aromatic rings. The summed E-state index contributed by atoms with van der Waals surface area (Å²) in [7, 11) is 0. The predicted molar refractivity (Wildman–Crippen MR) is 59.2 cm³/mol. The monoisotopic (exact) mass is 229 g/mol. The molecule has 1 saturated heterocycles. The average Bonchev–Trinajstić information content (AvgIpc) is 2.70. The summed E-state index contributed by atoms with van der Waals surface area (Å²) in [6.07, 6.45) is 1.74. The van der Waals surface area contributed by atoms with Crippen molar-refractivity contribution in [1.29, 1.82) is 0 Å². The Labute approximate surface area is 94.8 Å². The molecule has 6 nitrogen and oxygen atoms in total. The van der Waals surface area contributed by atoms with Gasteiger partial charge in [0.1, 0.15) is 11.9 Å². The average molecular weight is 229 g/mol. The van der Waals surface area contributed by atoms with Crippen LogP contribution < -0.4 is 11.1 Å². The molecular formula is C10H19N3O3. The molecule has 0 aromatic carbocycles. The molecule has 0 aromatic heterocycles. The van der Waals surface area contributed by atoms with E-state index in [1.54, 1.807) is 0 Å². The number of nitrogens with two attached hydrogens (primary N) is 1. The highest BCUT2D eigenvalue weighted by Gasteiger charge is 2.30. The van der Waals surface area contributed by atoms with Crippen LogP contribution in [-0.2, 0) is 9.53 Å². The quantitative estimate of drug-likeness (QED) is 0.204. The van der Waals surface area contributed by atoms with Crippen LogP contribution in [0.15, 0.2) is 5.16 Å². The lowest BCUT2D eigenvalue weighted by molar-refractivity contribution is -0.131. The number of hydrogen-bond donors (Lipinski definition) is 3. The molecule has 1 aliphatic rings. The van der Waals surface area contributed by atoms with Gasteiger partial charge in [0.05, 0.1) is 0 Å². The minimum absolute atomic E-state index is 0.0653. The van der Waals surface area contributed by atoms with Crippen molar-refractivity contribution < 1.29 is 14.7 Å². The molecule has 6 heteroatoms. The lowest BCUT2D eigenvalue weighted by Gasteiger charge is -2.14. The topological polar surface area (TPSA) is 96.9 Å². The van der Waals surface area contributed by atoms with E-state index in [1.165, 1.54) is 0 Å². The second kappa shape index (κ2) is 6.32. The fourth-order valence-electron chi connectivity index (χ4n) is 1.66. The Morgan fingerprint density at radius 3 is 3.00 bits per heavy atom. The molecule has 2 atom stereocenters. The Balaban J connectivity index is 2.15. The zero-order valence-corrected chi connectivity index (χ0v) is 9.48. The number of rotatable bonds is 5. The molecule has 2 unspecified atom stereocenters. The van der Waals surface area contributed by atoms with Crippen LogP contribution in [0.1, 0.15) is 26.2 Å². The van der Waals surface area contributed by atoms with E-state index in [0.717, 1.165) is 6.42 Å². The van der Waals surface area contributed by atoms with Gasteiger partial charge in [0.2, 0.25) is 5.91 Å². The van der Waals surface area contributed by atoms with E-state index in [2.05, 4.69) is 10.5 Å². The first kappa shape index (κ1) is 12.8. The summed E-state index contributed by atoms with van der Waals surface area (Å²) in [6.45, 7) is 3.18. The molecule has 92 valence electrons. The lowest BCUT2D eigenvalue weighted by Crippen LogP contribution is -2.37. The van der Waals surface area contributed by atoms with Gasteiger partial charge in [0.15, 0.2) is 0 Å². The highest BCUT2D eigenvalue weighted by Crippen LogP contribution is 2.19.